The van der Waals surface area contributed by atoms with Crippen LogP contribution < -0.4 is 10.5 Å². The van der Waals surface area contributed by atoms with E-state index < -0.39 is 5.97 Å². The fourth-order valence-corrected chi connectivity index (χ4v) is 2.84. The van der Waals surface area contributed by atoms with Crippen molar-refractivity contribution in [3.8, 4) is 16.2 Å². The molecule has 0 spiro atoms. The summed E-state index contributed by atoms with van der Waals surface area (Å²) in [6, 6.07) is 5.21. The van der Waals surface area contributed by atoms with E-state index in [0.29, 0.717) is 21.2 Å². The van der Waals surface area contributed by atoms with Gasteiger partial charge in [-0.1, -0.05) is 29.0 Å². The summed E-state index contributed by atoms with van der Waals surface area (Å²) in [5.41, 5.74) is 6.39. The highest BCUT2D eigenvalue weighted by Crippen LogP contribution is 2.42. The second kappa shape index (κ2) is 5.46. The Labute approximate surface area is 118 Å². The van der Waals surface area contributed by atoms with Crippen LogP contribution >= 0.6 is 22.9 Å². The van der Waals surface area contributed by atoms with Crippen molar-refractivity contribution < 1.29 is 14.3 Å². The largest absolute Gasteiger partial charge is 0.496 e. The predicted octanol–water partition coefficient (Wildman–Crippen LogP) is 2.84. The first-order chi connectivity index (χ1) is 9.08. The fourth-order valence-electron chi connectivity index (χ4n) is 1.64. The number of nitrogen functional groups attached to an aromatic ring is 1. The molecule has 0 radical (unpaired) electrons. The van der Waals surface area contributed by atoms with Crippen molar-refractivity contribution in [2.24, 2.45) is 0 Å². The van der Waals surface area contributed by atoms with Crippen LogP contribution in [0.3, 0.4) is 0 Å². The first-order valence-electron chi connectivity index (χ1n) is 5.26. The lowest BCUT2D eigenvalue weighted by Crippen LogP contribution is -2.04. The molecule has 0 saturated carbocycles. The maximum absolute atomic E-state index is 11.7. The summed E-state index contributed by atoms with van der Waals surface area (Å²) in [7, 11) is 2.81. The van der Waals surface area contributed by atoms with Crippen LogP contribution in [0.4, 0.5) is 5.13 Å². The number of hydrogen-bond acceptors (Lipinski definition) is 6. The van der Waals surface area contributed by atoms with Gasteiger partial charge in [0.2, 0.25) is 0 Å². The van der Waals surface area contributed by atoms with Gasteiger partial charge in [-0.3, -0.25) is 0 Å². The Morgan fingerprint density at radius 1 is 1.42 bits per heavy atom. The van der Waals surface area contributed by atoms with Crippen LogP contribution in [-0.2, 0) is 4.74 Å². The Bertz CT molecular complexity index is 627. The second-order valence-electron chi connectivity index (χ2n) is 3.54. The SMILES string of the molecule is COC(=O)c1nc(N)sc1-c1c(Cl)cccc1OC. The average molecular weight is 299 g/mol. The highest BCUT2D eigenvalue weighted by molar-refractivity contribution is 7.19. The third kappa shape index (κ3) is 2.50. The molecule has 2 rings (SSSR count). The summed E-state index contributed by atoms with van der Waals surface area (Å²) in [5.74, 6) is -0.0220. The van der Waals surface area contributed by atoms with Crippen LogP contribution in [0.1, 0.15) is 10.5 Å². The number of hydrogen-bond donors (Lipinski definition) is 1. The molecular weight excluding hydrogens is 288 g/mol. The zero-order valence-corrected chi connectivity index (χ0v) is 11.8. The lowest BCUT2D eigenvalue weighted by Gasteiger charge is -2.09. The summed E-state index contributed by atoms with van der Waals surface area (Å²) < 4.78 is 9.95. The standard InChI is InChI=1S/C12H11ClN2O3S/c1-17-7-5-3-4-6(13)8(7)10-9(11(16)18-2)15-12(14)19-10/h3-5H,1-2H3,(H2,14,15). The zero-order valence-electron chi connectivity index (χ0n) is 10.3. The van der Waals surface area contributed by atoms with Gasteiger partial charge in [-0.05, 0) is 12.1 Å². The number of esters is 1. The van der Waals surface area contributed by atoms with E-state index >= 15 is 0 Å². The molecular formula is C12H11ClN2O3S. The van der Waals surface area contributed by atoms with Gasteiger partial charge in [0.25, 0.3) is 0 Å². The van der Waals surface area contributed by atoms with Crippen molar-refractivity contribution in [1.29, 1.82) is 0 Å². The quantitative estimate of drug-likeness (QED) is 0.882. The van der Waals surface area contributed by atoms with E-state index in [0.717, 1.165) is 11.3 Å². The number of benzene rings is 1. The number of methoxy groups -OCH3 is 2. The van der Waals surface area contributed by atoms with Crippen LogP contribution in [0.5, 0.6) is 5.75 Å². The molecule has 0 fully saturated rings. The first kappa shape index (κ1) is 13.6. The molecule has 19 heavy (non-hydrogen) atoms. The Hall–Kier alpha value is -1.79. The molecule has 2 aromatic rings. The van der Waals surface area contributed by atoms with E-state index in [1.54, 1.807) is 18.2 Å². The van der Waals surface area contributed by atoms with Gasteiger partial charge in [0, 0.05) is 0 Å². The summed E-state index contributed by atoms with van der Waals surface area (Å²) >= 11 is 7.33. The highest BCUT2D eigenvalue weighted by Gasteiger charge is 2.23. The first-order valence-corrected chi connectivity index (χ1v) is 6.45. The molecule has 0 aliphatic carbocycles. The minimum absolute atomic E-state index is 0.136. The third-order valence-corrected chi connectivity index (χ3v) is 3.66. The lowest BCUT2D eigenvalue weighted by atomic mass is 10.1. The van der Waals surface area contributed by atoms with Gasteiger partial charge in [0.1, 0.15) is 5.75 Å². The minimum Gasteiger partial charge on any atom is -0.496 e. The number of halogens is 1. The maximum atomic E-state index is 11.7. The highest BCUT2D eigenvalue weighted by atomic mass is 35.5. The molecule has 0 aliphatic heterocycles. The Balaban J connectivity index is 2.69. The van der Waals surface area contributed by atoms with Gasteiger partial charge >= 0.3 is 5.97 Å². The van der Waals surface area contributed by atoms with E-state index in [9.17, 15) is 4.79 Å². The number of rotatable bonds is 3. The van der Waals surface area contributed by atoms with E-state index in [4.69, 9.17) is 26.8 Å². The molecule has 0 bridgehead atoms. The molecule has 2 N–H and O–H groups in total. The smallest absolute Gasteiger partial charge is 0.358 e. The molecule has 0 saturated heterocycles. The van der Waals surface area contributed by atoms with Crippen LogP contribution in [0.15, 0.2) is 18.2 Å². The van der Waals surface area contributed by atoms with Gasteiger partial charge in [-0.15, -0.1) is 0 Å². The zero-order chi connectivity index (χ0) is 14.0. The van der Waals surface area contributed by atoms with Gasteiger partial charge < -0.3 is 15.2 Å². The number of ether oxygens (including phenoxy) is 2. The van der Waals surface area contributed by atoms with Crippen molar-refractivity contribution in [3.05, 3.63) is 28.9 Å². The van der Waals surface area contributed by atoms with Crippen molar-refractivity contribution in [2.75, 3.05) is 20.0 Å². The van der Waals surface area contributed by atoms with Crippen molar-refractivity contribution >= 4 is 34.0 Å². The van der Waals surface area contributed by atoms with Crippen molar-refractivity contribution in [3.63, 3.8) is 0 Å². The number of nitrogens with zero attached hydrogens (tertiary/aromatic N) is 1. The van der Waals surface area contributed by atoms with Crippen molar-refractivity contribution in [1.82, 2.24) is 4.98 Å². The number of carbonyl (C=O) groups excluding carboxylic acids is 1. The number of anilines is 1. The van der Waals surface area contributed by atoms with E-state index in [1.807, 2.05) is 0 Å². The Kier molecular flexibility index (Phi) is 3.92. The van der Waals surface area contributed by atoms with Gasteiger partial charge in [-0.2, -0.15) is 0 Å². The molecule has 1 heterocycles. The molecule has 0 aliphatic rings. The van der Waals surface area contributed by atoms with Gasteiger partial charge in [-0.25, -0.2) is 9.78 Å². The summed E-state index contributed by atoms with van der Waals surface area (Å²) in [6.45, 7) is 0. The van der Waals surface area contributed by atoms with Crippen LogP contribution in [0.25, 0.3) is 10.4 Å². The lowest BCUT2D eigenvalue weighted by molar-refractivity contribution is 0.0596. The Morgan fingerprint density at radius 2 is 2.16 bits per heavy atom. The molecule has 5 nitrogen and oxygen atoms in total. The maximum Gasteiger partial charge on any atom is 0.358 e. The topological polar surface area (TPSA) is 74.4 Å². The summed E-state index contributed by atoms with van der Waals surface area (Å²) in [5, 5.41) is 0.713. The predicted molar refractivity (Wildman–Crippen MR) is 74.9 cm³/mol. The van der Waals surface area contributed by atoms with Gasteiger partial charge in [0.15, 0.2) is 10.8 Å². The molecule has 0 unspecified atom stereocenters. The minimum atomic E-state index is -0.565. The van der Waals surface area contributed by atoms with Crippen molar-refractivity contribution in [2.45, 2.75) is 0 Å². The van der Waals surface area contributed by atoms with E-state index in [1.165, 1.54) is 14.2 Å². The fraction of sp³-hybridized carbons (Fsp3) is 0.167. The molecule has 1 aromatic heterocycles. The summed E-state index contributed by atoms with van der Waals surface area (Å²) in [6.07, 6.45) is 0. The average Bonchev–Trinajstić information content (AvgIpc) is 2.79. The second-order valence-corrected chi connectivity index (χ2v) is 4.98. The molecule has 0 atom stereocenters. The number of carbonyl (C=O) groups is 1. The normalized spacial score (nSPS) is 10.3. The molecule has 7 heteroatoms. The summed E-state index contributed by atoms with van der Waals surface area (Å²) in [4.78, 5) is 16.2. The number of nitrogens with two attached hydrogens (primary N) is 1. The monoisotopic (exact) mass is 298 g/mol. The van der Waals surface area contributed by atoms with Crippen LogP contribution in [0.2, 0.25) is 5.02 Å². The van der Waals surface area contributed by atoms with Crippen LogP contribution in [-0.4, -0.2) is 25.2 Å². The van der Waals surface area contributed by atoms with Gasteiger partial charge in [0.05, 0.1) is 29.7 Å². The molecule has 100 valence electrons. The number of aromatic nitrogens is 1. The molecule has 1 aromatic carbocycles. The van der Waals surface area contributed by atoms with E-state index in [-0.39, 0.29) is 10.8 Å². The molecule has 0 amide bonds. The Morgan fingerprint density at radius 3 is 2.79 bits per heavy atom. The van der Waals surface area contributed by atoms with E-state index in [2.05, 4.69) is 4.98 Å². The third-order valence-electron chi connectivity index (χ3n) is 2.44. The van der Waals surface area contributed by atoms with Crippen LogP contribution in [0, 0.1) is 0 Å². The number of thiazole rings is 1.